The molecule has 0 amide bonds. The van der Waals surface area contributed by atoms with E-state index in [2.05, 4.69) is 20.8 Å². The van der Waals surface area contributed by atoms with Crippen molar-refractivity contribution in [2.45, 2.75) is 33.2 Å². The Labute approximate surface area is 51.3 Å². The summed E-state index contributed by atoms with van der Waals surface area (Å²) in [7, 11) is 0. The first-order valence-corrected chi connectivity index (χ1v) is 3.33. The summed E-state index contributed by atoms with van der Waals surface area (Å²) in [6, 6.07) is 0.488. The molecular weight excluding hydrogens is 98.1 g/mol. The molecule has 48 valence electrons. The maximum atomic E-state index is 5.70. The second kappa shape index (κ2) is 1.47. The first-order chi connectivity index (χ1) is 3.57. The molecule has 0 unspecified atom stereocenters. The van der Waals surface area contributed by atoms with Gasteiger partial charge in [0.05, 0.1) is 0 Å². The zero-order valence-corrected chi connectivity index (χ0v) is 5.94. The Balaban J connectivity index is 2.47. The topological polar surface area (TPSA) is 26.0 Å². The predicted octanol–water partition coefficient (Wildman–Crippen LogP) is 1.38. The van der Waals surface area contributed by atoms with E-state index in [9.17, 15) is 0 Å². The molecule has 1 heteroatoms. The van der Waals surface area contributed by atoms with E-state index in [-0.39, 0.29) is 0 Å². The minimum atomic E-state index is 0.486. The van der Waals surface area contributed by atoms with Gasteiger partial charge < -0.3 is 5.73 Å². The summed E-state index contributed by atoms with van der Waals surface area (Å²) in [5, 5.41) is 0. The maximum absolute atomic E-state index is 5.70. The maximum Gasteiger partial charge on any atom is 0.0102 e. The molecule has 0 radical (unpaired) electrons. The van der Waals surface area contributed by atoms with Crippen molar-refractivity contribution in [3.8, 4) is 0 Å². The minimum Gasteiger partial charge on any atom is -0.327 e. The van der Waals surface area contributed by atoms with E-state index in [4.69, 9.17) is 5.73 Å². The SMILES string of the molecule is CC(C)[C@@]1(C)C[C@@H]1N. The molecule has 2 N–H and O–H groups in total. The van der Waals surface area contributed by atoms with E-state index in [1.165, 1.54) is 6.42 Å². The predicted molar refractivity (Wildman–Crippen MR) is 35.5 cm³/mol. The van der Waals surface area contributed by atoms with E-state index in [0.29, 0.717) is 11.5 Å². The van der Waals surface area contributed by atoms with Gasteiger partial charge in [-0.2, -0.15) is 0 Å². The van der Waals surface area contributed by atoms with E-state index < -0.39 is 0 Å². The molecule has 0 aliphatic heterocycles. The molecule has 1 aliphatic rings. The van der Waals surface area contributed by atoms with Gasteiger partial charge in [0.2, 0.25) is 0 Å². The van der Waals surface area contributed by atoms with Crippen LogP contribution in [0.1, 0.15) is 27.2 Å². The van der Waals surface area contributed by atoms with Crippen LogP contribution in [0.15, 0.2) is 0 Å². The third kappa shape index (κ3) is 0.655. The molecule has 0 heterocycles. The fourth-order valence-electron chi connectivity index (χ4n) is 1.08. The molecule has 8 heavy (non-hydrogen) atoms. The fourth-order valence-corrected chi connectivity index (χ4v) is 1.08. The molecule has 0 bridgehead atoms. The molecule has 1 fully saturated rings. The summed E-state index contributed by atoms with van der Waals surface area (Å²) >= 11 is 0. The largest absolute Gasteiger partial charge is 0.327 e. The second-order valence-corrected chi connectivity index (χ2v) is 3.47. The first kappa shape index (κ1) is 6.09. The average molecular weight is 113 g/mol. The molecule has 0 aromatic rings. The van der Waals surface area contributed by atoms with Gasteiger partial charge in [-0.3, -0.25) is 0 Å². The highest BCUT2D eigenvalue weighted by molar-refractivity contribution is 5.04. The molecule has 1 saturated carbocycles. The van der Waals surface area contributed by atoms with E-state index in [0.717, 1.165) is 5.92 Å². The van der Waals surface area contributed by atoms with Crippen molar-refractivity contribution >= 4 is 0 Å². The number of rotatable bonds is 1. The van der Waals surface area contributed by atoms with Gasteiger partial charge in [0.1, 0.15) is 0 Å². The summed E-state index contributed by atoms with van der Waals surface area (Å²) in [5.41, 5.74) is 6.19. The van der Waals surface area contributed by atoms with Crippen molar-refractivity contribution in [1.29, 1.82) is 0 Å². The number of hydrogen-bond acceptors (Lipinski definition) is 1. The Morgan fingerprint density at radius 3 is 2.00 bits per heavy atom. The molecule has 1 rings (SSSR count). The molecule has 0 aromatic heterocycles. The number of hydrogen-bond donors (Lipinski definition) is 1. The van der Waals surface area contributed by atoms with Gasteiger partial charge in [0, 0.05) is 6.04 Å². The van der Waals surface area contributed by atoms with Crippen molar-refractivity contribution in [2.75, 3.05) is 0 Å². The van der Waals surface area contributed by atoms with Crippen LogP contribution in [0.3, 0.4) is 0 Å². The third-order valence-corrected chi connectivity index (χ3v) is 2.67. The zero-order chi connectivity index (χ0) is 6.36. The Morgan fingerprint density at radius 2 is 2.00 bits per heavy atom. The van der Waals surface area contributed by atoms with Crippen LogP contribution < -0.4 is 5.73 Å². The van der Waals surface area contributed by atoms with Crippen LogP contribution in [0.2, 0.25) is 0 Å². The highest BCUT2D eigenvalue weighted by Gasteiger charge is 2.49. The Kier molecular flexibility index (Phi) is 1.12. The minimum absolute atomic E-state index is 0.486. The lowest BCUT2D eigenvalue weighted by molar-refractivity contribution is 0.382. The lowest BCUT2D eigenvalue weighted by Gasteiger charge is -2.12. The molecule has 0 saturated heterocycles. The van der Waals surface area contributed by atoms with Gasteiger partial charge in [-0.05, 0) is 17.8 Å². The quantitative estimate of drug-likeness (QED) is 0.546. The van der Waals surface area contributed by atoms with Crippen LogP contribution >= 0.6 is 0 Å². The Hall–Kier alpha value is -0.0400. The summed E-state index contributed by atoms with van der Waals surface area (Å²) < 4.78 is 0. The van der Waals surface area contributed by atoms with Gasteiger partial charge in [0.15, 0.2) is 0 Å². The van der Waals surface area contributed by atoms with Gasteiger partial charge >= 0.3 is 0 Å². The highest BCUT2D eigenvalue weighted by atomic mass is 14.8. The standard InChI is InChI=1S/C7H15N/c1-5(2)7(3)4-6(7)8/h5-6H,4,8H2,1-3H3/t6-,7+/m0/s1. The monoisotopic (exact) mass is 113 g/mol. The number of nitrogens with two attached hydrogens (primary N) is 1. The van der Waals surface area contributed by atoms with Gasteiger partial charge in [0.25, 0.3) is 0 Å². The summed E-state index contributed by atoms with van der Waals surface area (Å²) in [4.78, 5) is 0. The lowest BCUT2D eigenvalue weighted by Crippen LogP contribution is -2.15. The summed E-state index contributed by atoms with van der Waals surface area (Å²) in [6.07, 6.45) is 1.23. The normalized spacial score (nSPS) is 45.4. The van der Waals surface area contributed by atoms with E-state index >= 15 is 0 Å². The highest BCUT2D eigenvalue weighted by Crippen LogP contribution is 2.49. The summed E-state index contributed by atoms with van der Waals surface area (Å²) in [6.45, 7) is 6.75. The van der Waals surface area contributed by atoms with Crippen LogP contribution in [0.25, 0.3) is 0 Å². The van der Waals surface area contributed by atoms with Crippen molar-refractivity contribution in [3.05, 3.63) is 0 Å². The summed E-state index contributed by atoms with van der Waals surface area (Å²) in [5.74, 6) is 0.762. The average Bonchev–Trinajstić information content (AvgIpc) is 2.17. The lowest BCUT2D eigenvalue weighted by atomic mass is 9.94. The Bertz CT molecular complexity index is 98.6. The molecule has 0 spiro atoms. The molecule has 0 aromatic carbocycles. The smallest absolute Gasteiger partial charge is 0.0102 e. The zero-order valence-electron chi connectivity index (χ0n) is 5.94. The van der Waals surface area contributed by atoms with Crippen molar-refractivity contribution in [3.63, 3.8) is 0 Å². The molecule has 2 atom stereocenters. The Morgan fingerprint density at radius 1 is 1.62 bits per heavy atom. The van der Waals surface area contributed by atoms with E-state index in [1.807, 2.05) is 0 Å². The second-order valence-electron chi connectivity index (χ2n) is 3.47. The van der Waals surface area contributed by atoms with Gasteiger partial charge in [-0.1, -0.05) is 20.8 Å². The molecule has 1 nitrogen and oxygen atoms in total. The van der Waals surface area contributed by atoms with Gasteiger partial charge in [-0.15, -0.1) is 0 Å². The molecule has 1 aliphatic carbocycles. The van der Waals surface area contributed by atoms with Crippen LogP contribution in [0.4, 0.5) is 0 Å². The van der Waals surface area contributed by atoms with Crippen molar-refractivity contribution in [1.82, 2.24) is 0 Å². The van der Waals surface area contributed by atoms with E-state index in [1.54, 1.807) is 0 Å². The van der Waals surface area contributed by atoms with Gasteiger partial charge in [-0.25, -0.2) is 0 Å². The fraction of sp³-hybridized carbons (Fsp3) is 1.00. The van der Waals surface area contributed by atoms with Crippen molar-refractivity contribution < 1.29 is 0 Å². The van der Waals surface area contributed by atoms with Crippen LogP contribution in [-0.4, -0.2) is 6.04 Å². The van der Waals surface area contributed by atoms with Crippen LogP contribution in [-0.2, 0) is 0 Å². The first-order valence-electron chi connectivity index (χ1n) is 3.33. The van der Waals surface area contributed by atoms with Crippen molar-refractivity contribution in [2.24, 2.45) is 17.1 Å². The van der Waals surface area contributed by atoms with Crippen LogP contribution in [0.5, 0.6) is 0 Å². The molecular formula is C7H15N. The third-order valence-electron chi connectivity index (χ3n) is 2.67. The van der Waals surface area contributed by atoms with Crippen LogP contribution in [0, 0.1) is 11.3 Å².